The number of alkyl carbamates (subject to hydrolysis) is 1. The number of rotatable bonds is 4. The van der Waals surface area contributed by atoms with Crippen LogP contribution in [0.3, 0.4) is 0 Å². The van der Waals surface area contributed by atoms with Crippen molar-refractivity contribution in [3.05, 3.63) is 28.5 Å². The van der Waals surface area contributed by atoms with Crippen molar-refractivity contribution in [3.8, 4) is 0 Å². The first kappa shape index (κ1) is 18.2. The van der Waals surface area contributed by atoms with E-state index in [0.717, 1.165) is 24.1 Å². The lowest BCUT2D eigenvalue weighted by Gasteiger charge is -2.36. The van der Waals surface area contributed by atoms with Crippen LogP contribution in [0.1, 0.15) is 45.6 Å². The summed E-state index contributed by atoms with van der Waals surface area (Å²) in [6.45, 7) is 8.19. The molecule has 1 amide bonds. The third-order valence-corrected chi connectivity index (χ3v) is 4.24. The van der Waals surface area contributed by atoms with Crippen molar-refractivity contribution in [1.29, 1.82) is 0 Å². The summed E-state index contributed by atoms with van der Waals surface area (Å²) >= 11 is 3.42. The third kappa shape index (κ3) is 6.47. The number of likely N-dealkylation sites (tertiary alicyclic amines) is 1. The molecule has 2 heterocycles. The maximum Gasteiger partial charge on any atom is 0.407 e. The second-order valence-corrected chi connectivity index (χ2v) is 7.80. The summed E-state index contributed by atoms with van der Waals surface area (Å²) in [5.41, 5.74) is 0.774. The average molecular weight is 384 g/mol. The number of aromatic nitrogens is 1. The molecule has 0 bridgehead atoms. The highest BCUT2D eigenvalue weighted by Gasteiger charge is 2.24. The van der Waals surface area contributed by atoms with Gasteiger partial charge < -0.3 is 10.1 Å². The molecular weight excluding hydrogens is 358 g/mol. The minimum absolute atomic E-state index is 0.338. The molecule has 1 fully saturated rings. The largest absolute Gasteiger partial charge is 0.444 e. The highest BCUT2D eigenvalue weighted by Crippen LogP contribution is 2.20. The second kappa shape index (κ2) is 8.11. The number of nitrogens with zero attached hydrogens (tertiary/aromatic N) is 2. The van der Waals surface area contributed by atoms with Crippen LogP contribution in [0.5, 0.6) is 0 Å². The molecule has 1 aliphatic heterocycles. The maximum atomic E-state index is 11.8. The summed E-state index contributed by atoms with van der Waals surface area (Å²) < 4.78 is 6.17. The van der Waals surface area contributed by atoms with Gasteiger partial charge in [-0.25, -0.2) is 9.78 Å². The van der Waals surface area contributed by atoms with Crippen LogP contribution in [-0.2, 0) is 11.3 Å². The molecule has 5 nitrogen and oxygen atoms in total. The molecule has 23 heavy (non-hydrogen) atoms. The Bertz CT molecular complexity index is 531. The van der Waals surface area contributed by atoms with Gasteiger partial charge >= 0.3 is 6.09 Å². The molecule has 1 aliphatic rings. The van der Waals surface area contributed by atoms with Gasteiger partial charge in [0.15, 0.2) is 0 Å². The Kier molecular flexibility index (Phi) is 6.41. The van der Waals surface area contributed by atoms with Crippen molar-refractivity contribution in [3.63, 3.8) is 0 Å². The number of hydrogen-bond donors (Lipinski definition) is 1. The number of piperidine rings is 1. The van der Waals surface area contributed by atoms with E-state index in [1.165, 1.54) is 18.4 Å². The molecule has 0 saturated carbocycles. The van der Waals surface area contributed by atoms with Crippen molar-refractivity contribution in [2.45, 2.75) is 58.2 Å². The van der Waals surface area contributed by atoms with Gasteiger partial charge in [-0.05, 0) is 73.8 Å². The van der Waals surface area contributed by atoms with Gasteiger partial charge in [0.25, 0.3) is 0 Å². The van der Waals surface area contributed by atoms with Crippen molar-refractivity contribution in [1.82, 2.24) is 15.2 Å². The number of carbonyl (C=O) groups excluding carboxylic acids is 1. The predicted molar refractivity (Wildman–Crippen MR) is 94.2 cm³/mol. The molecule has 0 aromatic carbocycles. The fraction of sp³-hybridized carbons (Fsp3) is 0.647. The van der Waals surface area contributed by atoms with Crippen LogP contribution >= 0.6 is 15.9 Å². The van der Waals surface area contributed by atoms with Gasteiger partial charge in [-0.1, -0.05) is 6.42 Å². The van der Waals surface area contributed by atoms with E-state index in [2.05, 4.69) is 31.1 Å². The minimum Gasteiger partial charge on any atom is -0.444 e. The number of hydrogen-bond acceptors (Lipinski definition) is 4. The molecule has 6 heteroatoms. The molecule has 1 unspecified atom stereocenters. The fourth-order valence-electron chi connectivity index (χ4n) is 2.79. The molecule has 1 atom stereocenters. The number of ether oxygens (including phenoxy) is 1. The Morgan fingerprint density at radius 3 is 2.96 bits per heavy atom. The van der Waals surface area contributed by atoms with Crippen molar-refractivity contribution >= 4 is 22.0 Å². The van der Waals surface area contributed by atoms with E-state index in [-0.39, 0.29) is 6.09 Å². The lowest BCUT2D eigenvalue weighted by atomic mass is 10.0. The summed E-state index contributed by atoms with van der Waals surface area (Å²) in [4.78, 5) is 18.4. The Hall–Kier alpha value is -1.14. The molecule has 0 radical (unpaired) electrons. The van der Waals surface area contributed by atoms with Crippen molar-refractivity contribution < 1.29 is 9.53 Å². The summed E-state index contributed by atoms with van der Waals surface area (Å²) in [5.74, 6) is 0. The summed E-state index contributed by atoms with van der Waals surface area (Å²) in [7, 11) is 0. The normalized spacial score (nSPS) is 19.4. The van der Waals surface area contributed by atoms with E-state index < -0.39 is 5.60 Å². The zero-order valence-electron chi connectivity index (χ0n) is 14.1. The van der Waals surface area contributed by atoms with E-state index in [4.69, 9.17) is 4.74 Å². The highest BCUT2D eigenvalue weighted by molar-refractivity contribution is 9.10. The Morgan fingerprint density at radius 2 is 2.26 bits per heavy atom. The van der Waals surface area contributed by atoms with E-state index in [1.807, 2.05) is 39.1 Å². The molecular formula is C17H26BrN3O2. The first-order valence-electron chi connectivity index (χ1n) is 8.15. The average Bonchev–Trinajstić information content (AvgIpc) is 2.44. The zero-order valence-corrected chi connectivity index (χ0v) is 15.7. The summed E-state index contributed by atoms with van der Waals surface area (Å²) in [6.07, 6.45) is 4.99. The van der Waals surface area contributed by atoms with Crippen molar-refractivity contribution in [2.75, 3.05) is 13.1 Å². The molecule has 128 valence electrons. The smallest absolute Gasteiger partial charge is 0.407 e. The van der Waals surface area contributed by atoms with Crippen LogP contribution < -0.4 is 5.32 Å². The SMILES string of the molecule is CC(C)(C)OC(=O)NCC1CCCCN1Cc1ccnc(Br)c1. The second-order valence-electron chi connectivity index (χ2n) is 6.99. The van der Waals surface area contributed by atoms with E-state index in [9.17, 15) is 4.79 Å². The highest BCUT2D eigenvalue weighted by atomic mass is 79.9. The molecule has 1 saturated heterocycles. The molecule has 2 rings (SSSR count). The van der Waals surface area contributed by atoms with Crippen LogP contribution in [0.15, 0.2) is 22.9 Å². The monoisotopic (exact) mass is 383 g/mol. The number of pyridine rings is 1. The first-order valence-corrected chi connectivity index (χ1v) is 8.94. The van der Waals surface area contributed by atoms with Gasteiger partial charge in [-0.3, -0.25) is 4.90 Å². The van der Waals surface area contributed by atoms with Crippen molar-refractivity contribution in [2.24, 2.45) is 0 Å². The van der Waals surface area contributed by atoms with E-state index in [0.29, 0.717) is 12.6 Å². The Balaban J connectivity index is 1.89. The van der Waals surface area contributed by atoms with E-state index in [1.54, 1.807) is 0 Å². The number of carbonyl (C=O) groups is 1. The zero-order chi connectivity index (χ0) is 16.9. The third-order valence-electron chi connectivity index (χ3n) is 3.81. The fourth-order valence-corrected chi connectivity index (χ4v) is 3.20. The maximum absolute atomic E-state index is 11.8. The van der Waals surface area contributed by atoms with Gasteiger partial charge in [0.05, 0.1) is 0 Å². The van der Waals surface area contributed by atoms with Gasteiger partial charge in [0.1, 0.15) is 10.2 Å². The lowest BCUT2D eigenvalue weighted by molar-refractivity contribution is 0.0492. The lowest BCUT2D eigenvalue weighted by Crippen LogP contribution is -2.47. The Labute approximate surface area is 146 Å². The summed E-state index contributed by atoms with van der Waals surface area (Å²) in [5, 5.41) is 2.91. The number of nitrogens with one attached hydrogen (secondary N) is 1. The number of amides is 1. The molecule has 1 aromatic rings. The van der Waals surface area contributed by atoms with Gasteiger partial charge in [0.2, 0.25) is 0 Å². The van der Waals surface area contributed by atoms with Gasteiger partial charge in [0, 0.05) is 25.3 Å². The predicted octanol–water partition coefficient (Wildman–Crippen LogP) is 3.72. The Morgan fingerprint density at radius 1 is 1.48 bits per heavy atom. The topological polar surface area (TPSA) is 54.5 Å². The van der Waals surface area contributed by atoms with Crippen LogP contribution in [0.4, 0.5) is 4.79 Å². The summed E-state index contributed by atoms with van der Waals surface area (Å²) in [6, 6.07) is 4.44. The molecule has 1 N–H and O–H groups in total. The van der Waals surface area contributed by atoms with Crippen LogP contribution in [0.2, 0.25) is 0 Å². The molecule has 0 aliphatic carbocycles. The standard InChI is InChI=1S/C17H26BrN3O2/c1-17(2,3)23-16(22)20-11-14-6-4-5-9-21(14)12-13-7-8-19-15(18)10-13/h7-8,10,14H,4-6,9,11-12H2,1-3H3,(H,20,22). The van der Waals surface area contributed by atoms with Crippen LogP contribution in [0, 0.1) is 0 Å². The van der Waals surface area contributed by atoms with E-state index >= 15 is 0 Å². The molecule has 0 spiro atoms. The van der Waals surface area contributed by atoms with Gasteiger partial charge in [-0.15, -0.1) is 0 Å². The number of halogens is 1. The quantitative estimate of drug-likeness (QED) is 0.804. The van der Waals surface area contributed by atoms with Gasteiger partial charge in [-0.2, -0.15) is 0 Å². The van der Waals surface area contributed by atoms with Crippen LogP contribution in [-0.4, -0.2) is 40.7 Å². The molecule has 1 aromatic heterocycles. The minimum atomic E-state index is -0.459. The first-order chi connectivity index (χ1) is 10.8. The van der Waals surface area contributed by atoms with Crippen LogP contribution in [0.25, 0.3) is 0 Å².